The van der Waals surface area contributed by atoms with Gasteiger partial charge in [0.2, 0.25) is 0 Å². The zero-order valence-electron chi connectivity index (χ0n) is 14.1. The highest BCUT2D eigenvalue weighted by Crippen LogP contribution is 2.30. The van der Waals surface area contributed by atoms with E-state index < -0.39 is 0 Å². The number of nitrogens with zero attached hydrogens (tertiary/aromatic N) is 4. The molecule has 0 atom stereocenters. The Kier molecular flexibility index (Phi) is 4.00. The lowest BCUT2D eigenvalue weighted by atomic mass is 10.2. The maximum Gasteiger partial charge on any atom is 0.280 e. The number of carbonyl (C=O) groups excluding carboxylic acids is 1. The standard InChI is InChI=1S/C17H15FN6OS/c1-19-14-11-13(24(2)8-21-11)12-16(23-14)26-17(22-12)15(25)20-7-9-3-5-10(18)6-4-9/h3-6,8H,7H2,1-2H3,(H,19,23)(H,20,25). The zero-order chi connectivity index (χ0) is 18.3. The van der Waals surface area contributed by atoms with E-state index in [1.165, 1.54) is 23.5 Å². The largest absolute Gasteiger partial charge is 0.371 e. The number of aryl methyl sites for hydroxylation is 1. The van der Waals surface area contributed by atoms with Crippen LogP contribution in [0.25, 0.3) is 21.4 Å². The smallest absolute Gasteiger partial charge is 0.280 e. The molecule has 2 N–H and O–H groups in total. The van der Waals surface area contributed by atoms with E-state index in [-0.39, 0.29) is 11.7 Å². The van der Waals surface area contributed by atoms with Gasteiger partial charge >= 0.3 is 0 Å². The molecule has 26 heavy (non-hydrogen) atoms. The molecule has 1 amide bonds. The van der Waals surface area contributed by atoms with Gasteiger partial charge in [-0.05, 0) is 17.7 Å². The SMILES string of the molecule is CNc1nc2sc(C(=O)NCc3ccc(F)cc3)nc2c2c1ncn2C. The fourth-order valence-corrected chi connectivity index (χ4v) is 3.57. The van der Waals surface area contributed by atoms with Gasteiger partial charge in [0.15, 0.2) is 10.8 Å². The van der Waals surface area contributed by atoms with E-state index >= 15 is 0 Å². The van der Waals surface area contributed by atoms with Crippen LogP contribution < -0.4 is 10.6 Å². The molecule has 0 bridgehead atoms. The van der Waals surface area contributed by atoms with Gasteiger partial charge in [-0.15, -0.1) is 0 Å². The van der Waals surface area contributed by atoms with Crippen LogP contribution in [0.2, 0.25) is 0 Å². The predicted molar refractivity (Wildman–Crippen MR) is 98.8 cm³/mol. The van der Waals surface area contributed by atoms with Crippen molar-refractivity contribution in [1.29, 1.82) is 0 Å². The molecule has 3 aromatic heterocycles. The number of amides is 1. The summed E-state index contributed by atoms with van der Waals surface area (Å²) in [5.74, 6) is 0.0477. The summed E-state index contributed by atoms with van der Waals surface area (Å²) in [6, 6.07) is 5.99. The molecule has 132 valence electrons. The van der Waals surface area contributed by atoms with Crippen LogP contribution in [0, 0.1) is 5.82 Å². The van der Waals surface area contributed by atoms with Crippen molar-refractivity contribution in [2.75, 3.05) is 12.4 Å². The van der Waals surface area contributed by atoms with Gasteiger partial charge in [-0.25, -0.2) is 19.3 Å². The summed E-state index contributed by atoms with van der Waals surface area (Å²) in [6.45, 7) is 0.297. The van der Waals surface area contributed by atoms with Gasteiger partial charge in [0.05, 0.1) is 6.33 Å². The van der Waals surface area contributed by atoms with Crippen molar-refractivity contribution in [1.82, 2.24) is 24.8 Å². The minimum absolute atomic E-state index is 0.293. The summed E-state index contributed by atoms with van der Waals surface area (Å²) in [6.07, 6.45) is 1.69. The third kappa shape index (κ3) is 2.76. The van der Waals surface area contributed by atoms with E-state index in [1.54, 1.807) is 25.5 Å². The zero-order valence-corrected chi connectivity index (χ0v) is 14.9. The molecule has 1 aromatic carbocycles. The molecule has 0 aliphatic heterocycles. The number of anilines is 1. The van der Waals surface area contributed by atoms with Gasteiger partial charge in [0, 0.05) is 20.6 Å². The molecule has 0 unspecified atom stereocenters. The monoisotopic (exact) mass is 370 g/mol. The minimum atomic E-state index is -0.308. The first kappa shape index (κ1) is 16.4. The molecule has 0 radical (unpaired) electrons. The van der Waals surface area contributed by atoms with Gasteiger partial charge in [-0.3, -0.25) is 4.79 Å². The molecule has 0 spiro atoms. The van der Waals surface area contributed by atoms with E-state index in [4.69, 9.17) is 0 Å². The van der Waals surface area contributed by atoms with Gasteiger partial charge in [-0.2, -0.15) is 0 Å². The average molecular weight is 370 g/mol. The number of imidazole rings is 1. The maximum absolute atomic E-state index is 12.9. The summed E-state index contributed by atoms with van der Waals surface area (Å²) in [4.78, 5) is 26.5. The van der Waals surface area contributed by atoms with Crippen molar-refractivity contribution in [3.63, 3.8) is 0 Å². The molecule has 0 saturated carbocycles. The Labute approximate surface area is 151 Å². The quantitative estimate of drug-likeness (QED) is 0.577. The number of pyridine rings is 1. The number of benzene rings is 1. The lowest BCUT2D eigenvalue weighted by Crippen LogP contribution is -2.22. The van der Waals surface area contributed by atoms with E-state index in [0.717, 1.165) is 11.1 Å². The van der Waals surface area contributed by atoms with Crippen LogP contribution in [-0.4, -0.2) is 32.5 Å². The molecule has 4 rings (SSSR count). The summed E-state index contributed by atoms with van der Waals surface area (Å²) >= 11 is 1.22. The molecule has 0 saturated heterocycles. The Morgan fingerprint density at radius 2 is 2.00 bits per heavy atom. The number of hydrogen-bond donors (Lipinski definition) is 2. The number of rotatable bonds is 4. The van der Waals surface area contributed by atoms with Crippen LogP contribution in [-0.2, 0) is 13.6 Å². The van der Waals surface area contributed by atoms with E-state index in [9.17, 15) is 9.18 Å². The third-order valence-electron chi connectivity index (χ3n) is 4.01. The molecule has 7 nitrogen and oxygen atoms in total. The van der Waals surface area contributed by atoms with E-state index in [1.807, 2.05) is 11.6 Å². The molecule has 3 heterocycles. The Bertz CT molecular complexity index is 1120. The summed E-state index contributed by atoms with van der Waals surface area (Å²) < 4.78 is 14.8. The van der Waals surface area contributed by atoms with Gasteiger partial charge in [-0.1, -0.05) is 23.5 Å². The van der Waals surface area contributed by atoms with Crippen LogP contribution in [0.4, 0.5) is 10.2 Å². The first-order valence-electron chi connectivity index (χ1n) is 7.89. The molecule has 0 fully saturated rings. The normalized spacial score (nSPS) is 11.2. The van der Waals surface area contributed by atoms with Crippen molar-refractivity contribution in [3.05, 3.63) is 47.0 Å². The minimum Gasteiger partial charge on any atom is -0.371 e. The van der Waals surface area contributed by atoms with Crippen molar-refractivity contribution in [2.45, 2.75) is 6.54 Å². The summed E-state index contributed by atoms with van der Waals surface area (Å²) in [5.41, 5.74) is 3.00. The van der Waals surface area contributed by atoms with Crippen LogP contribution in [0.15, 0.2) is 30.6 Å². The Morgan fingerprint density at radius 1 is 1.23 bits per heavy atom. The summed E-state index contributed by atoms with van der Waals surface area (Å²) in [7, 11) is 3.65. The van der Waals surface area contributed by atoms with E-state index in [0.29, 0.717) is 33.2 Å². The van der Waals surface area contributed by atoms with Crippen molar-refractivity contribution in [2.24, 2.45) is 7.05 Å². The molecule has 9 heteroatoms. The molecule has 0 aliphatic carbocycles. The highest BCUT2D eigenvalue weighted by Gasteiger charge is 2.19. The number of hydrogen-bond acceptors (Lipinski definition) is 6. The highest BCUT2D eigenvalue weighted by molar-refractivity contribution is 7.20. The molecule has 0 aliphatic rings. The van der Waals surface area contributed by atoms with E-state index in [2.05, 4.69) is 25.6 Å². The third-order valence-corrected chi connectivity index (χ3v) is 4.95. The van der Waals surface area contributed by atoms with Crippen LogP contribution in [0.3, 0.4) is 0 Å². The Morgan fingerprint density at radius 3 is 2.73 bits per heavy atom. The first-order valence-corrected chi connectivity index (χ1v) is 8.70. The topological polar surface area (TPSA) is 84.7 Å². The Balaban J connectivity index is 1.66. The molecule has 4 aromatic rings. The van der Waals surface area contributed by atoms with Gasteiger partial charge < -0.3 is 15.2 Å². The fraction of sp³-hybridized carbons (Fsp3) is 0.176. The van der Waals surface area contributed by atoms with Crippen molar-refractivity contribution >= 4 is 44.4 Å². The number of thiazole rings is 1. The number of halogens is 1. The lowest BCUT2D eigenvalue weighted by molar-refractivity contribution is 0.0951. The van der Waals surface area contributed by atoms with Crippen LogP contribution in [0.5, 0.6) is 0 Å². The van der Waals surface area contributed by atoms with Crippen molar-refractivity contribution in [3.8, 4) is 0 Å². The first-order chi connectivity index (χ1) is 12.6. The predicted octanol–water partition coefficient (Wildman–Crippen LogP) is 2.69. The number of aromatic nitrogens is 4. The van der Waals surface area contributed by atoms with Crippen LogP contribution in [0.1, 0.15) is 15.4 Å². The number of carbonyl (C=O) groups is 1. The summed E-state index contributed by atoms with van der Waals surface area (Å²) in [5, 5.41) is 6.15. The van der Waals surface area contributed by atoms with Crippen LogP contribution >= 0.6 is 11.3 Å². The average Bonchev–Trinajstić information content (AvgIpc) is 3.24. The Hall–Kier alpha value is -3.07. The lowest BCUT2D eigenvalue weighted by Gasteiger charge is -2.02. The molecular weight excluding hydrogens is 355 g/mol. The maximum atomic E-state index is 12.9. The number of nitrogens with one attached hydrogen (secondary N) is 2. The van der Waals surface area contributed by atoms with Crippen molar-refractivity contribution < 1.29 is 9.18 Å². The van der Waals surface area contributed by atoms with Gasteiger partial charge in [0.25, 0.3) is 5.91 Å². The second-order valence-electron chi connectivity index (χ2n) is 5.75. The highest BCUT2D eigenvalue weighted by atomic mass is 32.1. The van der Waals surface area contributed by atoms with Gasteiger partial charge in [0.1, 0.15) is 27.2 Å². The fourth-order valence-electron chi connectivity index (χ4n) is 2.71. The second-order valence-corrected chi connectivity index (χ2v) is 6.72. The molecular formula is C17H15FN6OS. The second kappa shape index (κ2) is 6.34. The number of fused-ring (bicyclic) bond motifs is 3.